The predicted molar refractivity (Wildman–Crippen MR) is 129 cm³/mol. The zero-order valence-electron chi connectivity index (χ0n) is 18.2. The fraction of sp³-hybridized carbons (Fsp3) is 0.214. The first-order valence-electron chi connectivity index (χ1n) is 10.5. The average molecular weight is 395 g/mol. The van der Waals surface area contributed by atoms with Crippen LogP contribution in [0.4, 0.5) is 0 Å². The van der Waals surface area contributed by atoms with Gasteiger partial charge in [-0.25, -0.2) is 0 Å². The molecule has 0 atom stereocenters. The topological polar surface area (TPSA) is 0 Å². The van der Waals surface area contributed by atoms with Gasteiger partial charge in [0, 0.05) is 0 Å². The third-order valence-corrected chi connectivity index (χ3v) is 11.5. The first kappa shape index (κ1) is 19.7. The number of hydrogen-bond acceptors (Lipinski definition) is 0. The van der Waals surface area contributed by atoms with Gasteiger partial charge in [-0.15, -0.1) is 0 Å². The Labute approximate surface area is 176 Å². The van der Waals surface area contributed by atoms with E-state index >= 15 is 0 Å². The summed E-state index contributed by atoms with van der Waals surface area (Å²) in [7, 11) is -2.36. The molecule has 0 radical (unpaired) electrons. The summed E-state index contributed by atoms with van der Waals surface area (Å²) in [6, 6.07) is 27.8. The first-order chi connectivity index (χ1) is 13.9. The van der Waals surface area contributed by atoms with Crippen molar-refractivity contribution in [2.24, 2.45) is 0 Å². The average Bonchev–Trinajstić information content (AvgIpc) is 3.02. The van der Waals surface area contributed by atoms with Crippen LogP contribution in [0.3, 0.4) is 0 Å². The van der Waals surface area contributed by atoms with Gasteiger partial charge in [0.05, 0.1) is 0 Å². The van der Waals surface area contributed by atoms with Gasteiger partial charge in [-0.3, -0.25) is 0 Å². The van der Waals surface area contributed by atoms with Crippen LogP contribution in [0.5, 0.6) is 0 Å². The van der Waals surface area contributed by atoms with Crippen molar-refractivity contribution in [2.75, 3.05) is 0 Å². The van der Waals surface area contributed by atoms with Crippen LogP contribution < -0.4 is 15.6 Å². The van der Waals surface area contributed by atoms with Crippen molar-refractivity contribution in [3.05, 3.63) is 112 Å². The third-order valence-electron chi connectivity index (χ3n) is 6.46. The standard InChI is InChI=1S/C28H30Si/c1-20-9-6-12-25(17-20)29(26-13-7-10-21(2)18-26,27-14-8-11-22(3)19-27)28-16-15-23(4)24(28)5/h6-15,17-19H,16H2,1-5H3. The molecule has 0 nitrogen and oxygen atoms in total. The molecule has 0 heterocycles. The van der Waals surface area contributed by atoms with Gasteiger partial charge in [0.25, 0.3) is 0 Å². The van der Waals surface area contributed by atoms with Gasteiger partial charge in [-0.2, -0.15) is 0 Å². The summed E-state index contributed by atoms with van der Waals surface area (Å²) in [5, 5.41) is 6.11. The SMILES string of the molecule is CC1=CCC([Si](c2cccc(C)c2)(c2cccc(C)c2)c2cccc(C)c2)=C1C. The van der Waals surface area contributed by atoms with E-state index in [0.717, 1.165) is 6.42 Å². The Morgan fingerprint density at radius 1 is 0.586 bits per heavy atom. The molecule has 0 fully saturated rings. The largest absolute Gasteiger partial charge is 0.176 e. The van der Waals surface area contributed by atoms with Crippen LogP contribution in [-0.4, -0.2) is 8.07 Å². The number of rotatable bonds is 4. The van der Waals surface area contributed by atoms with Gasteiger partial charge < -0.3 is 0 Å². The third kappa shape index (κ3) is 3.34. The van der Waals surface area contributed by atoms with Crippen molar-refractivity contribution in [2.45, 2.75) is 41.0 Å². The Morgan fingerprint density at radius 2 is 1.00 bits per heavy atom. The summed E-state index contributed by atoms with van der Waals surface area (Å²) in [4.78, 5) is 0. The molecule has 0 N–H and O–H groups in total. The van der Waals surface area contributed by atoms with E-state index in [1.807, 2.05) is 0 Å². The molecule has 0 bridgehead atoms. The zero-order chi connectivity index (χ0) is 20.6. The van der Waals surface area contributed by atoms with E-state index in [2.05, 4.69) is 113 Å². The van der Waals surface area contributed by atoms with Gasteiger partial charge in [0.2, 0.25) is 0 Å². The van der Waals surface area contributed by atoms with Crippen molar-refractivity contribution in [1.82, 2.24) is 0 Å². The fourth-order valence-corrected chi connectivity index (χ4v) is 10.5. The van der Waals surface area contributed by atoms with Crippen LogP contribution in [0, 0.1) is 20.8 Å². The van der Waals surface area contributed by atoms with E-state index in [1.54, 1.807) is 5.20 Å². The molecular formula is C28H30Si. The van der Waals surface area contributed by atoms with Crippen LogP contribution in [-0.2, 0) is 0 Å². The second-order valence-corrected chi connectivity index (χ2v) is 12.4. The Kier molecular flexibility index (Phi) is 5.18. The lowest BCUT2D eigenvalue weighted by Gasteiger charge is -2.37. The van der Waals surface area contributed by atoms with Crippen LogP contribution >= 0.6 is 0 Å². The minimum Gasteiger partial charge on any atom is -0.0776 e. The molecule has 0 aliphatic heterocycles. The monoisotopic (exact) mass is 394 g/mol. The highest BCUT2D eigenvalue weighted by Crippen LogP contribution is 2.33. The molecule has 1 heteroatoms. The van der Waals surface area contributed by atoms with Crippen molar-refractivity contribution >= 4 is 23.6 Å². The molecule has 3 aromatic carbocycles. The highest BCUT2D eigenvalue weighted by Gasteiger charge is 2.44. The van der Waals surface area contributed by atoms with Crippen LogP contribution in [0.15, 0.2) is 95.2 Å². The summed E-state index contributed by atoms with van der Waals surface area (Å²) in [5.41, 5.74) is 6.92. The Morgan fingerprint density at radius 3 is 1.31 bits per heavy atom. The fourth-order valence-electron chi connectivity index (χ4n) is 4.89. The Hall–Kier alpha value is -2.64. The van der Waals surface area contributed by atoms with E-state index in [0.29, 0.717) is 0 Å². The maximum Gasteiger partial charge on any atom is 0.176 e. The van der Waals surface area contributed by atoms with Gasteiger partial charge in [-0.1, -0.05) is 112 Å². The minimum absolute atomic E-state index is 1.06. The highest BCUT2D eigenvalue weighted by atomic mass is 28.3. The predicted octanol–water partition coefficient (Wildman–Crippen LogP) is 5.29. The molecule has 4 rings (SSSR count). The zero-order valence-corrected chi connectivity index (χ0v) is 19.2. The maximum absolute atomic E-state index is 2.44. The lowest BCUT2D eigenvalue weighted by molar-refractivity contribution is 1.33. The highest BCUT2D eigenvalue weighted by molar-refractivity contribution is 7.16. The van der Waals surface area contributed by atoms with Gasteiger partial charge in [0.15, 0.2) is 8.07 Å². The van der Waals surface area contributed by atoms with Crippen molar-refractivity contribution in [3.8, 4) is 0 Å². The molecular weight excluding hydrogens is 364 g/mol. The number of allylic oxidation sites excluding steroid dienone is 4. The Bertz CT molecular complexity index is 1020. The molecule has 0 amide bonds. The molecule has 0 unspecified atom stereocenters. The van der Waals surface area contributed by atoms with Crippen LogP contribution in [0.25, 0.3) is 0 Å². The van der Waals surface area contributed by atoms with Gasteiger partial charge in [-0.05, 0) is 56.6 Å². The lowest BCUT2D eigenvalue weighted by Crippen LogP contribution is -2.69. The molecule has 0 saturated heterocycles. The normalized spacial score (nSPS) is 14.3. The van der Waals surface area contributed by atoms with Crippen molar-refractivity contribution in [1.29, 1.82) is 0 Å². The van der Waals surface area contributed by atoms with Crippen molar-refractivity contribution in [3.63, 3.8) is 0 Å². The minimum atomic E-state index is -2.36. The van der Waals surface area contributed by atoms with Crippen molar-refractivity contribution < 1.29 is 0 Å². The molecule has 146 valence electrons. The summed E-state index contributed by atoms with van der Waals surface area (Å²) in [5.74, 6) is 0. The molecule has 0 aromatic heterocycles. The number of aryl methyl sites for hydroxylation is 3. The first-order valence-corrected chi connectivity index (χ1v) is 12.5. The Balaban J connectivity index is 2.17. The van der Waals surface area contributed by atoms with Crippen LogP contribution in [0.1, 0.15) is 37.0 Å². The molecule has 0 saturated carbocycles. The molecule has 0 spiro atoms. The number of benzene rings is 3. The smallest absolute Gasteiger partial charge is 0.0776 e. The van der Waals surface area contributed by atoms with E-state index in [4.69, 9.17) is 0 Å². The summed E-state index contributed by atoms with van der Waals surface area (Å²) in [6.07, 6.45) is 3.48. The molecule has 3 aromatic rings. The van der Waals surface area contributed by atoms with Gasteiger partial charge in [0.1, 0.15) is 0 Å². The second-order valence-electron chi connectivity index (χ2n) is 8.55. The summed E-state index contributed by atoms with van der Waals surface area (Å²) >= 11 is 0. The molecule has 1 aliphatic carbocycles. The number of hydrogen-bond donors (Lipinski definition) is 0. The summed E-state index contributed by atoms with van der Waals surface area (Å²) in [6.45, 7) is 11.2. The maximum atomic E-state index is 2.44. The quantitative estimate of drug-likeness (QED) is 0.417. The molecule has 1 aliphatic rings. The van der Waals surface area contributed by atoms with E-state index in [-0.39, 0.29) is 0 Å². The second kappa shape index (κ2) is 7.65. The van der Waals surface area contributed by atoms with Crippen LogP contribution in [0.2, 0.25) is 0 Å². The van der Waals surface area contributed by atoms with E-state index < -0.39 is 8.07 Å². The van der Waals surface area contributed by atoms with Gasteiger partial charge >= 0.3 is 0 Å². The van der Waals surface area contributed by atoms with E-state index in [9.17, 15) is 0 Å². The van der Waals surface area contributed by atoms with E-state index in [1.165, 1.54) is 43.4 Å². The summed E-state index contributed by atoms with van der Waals surface area (Å²) < 4.78 is 0. The molecule has 29 heavy (non-hydrogen) atoms. The lowest BCUT2D eigenvalue weighted by atomic mass is 10.2.